The van der Waals surface area contributed by atoms with E-state index < -0.39 is 0 Å². The number of rotatable bonds is 62. The van der Waals surface area contributed by atoms with E-state index in [1.807, 2.05) is 0 Å². The molecule has 0 aliphatic rings. The van der Waals surface area contributed by atoms with Gasteiger partial charge < -0.3 is 0 Å². The van der Waals surface area contributed by atoms with Crippen molar-refractivity contribution in [2.45, 2.75) is 492 Å². The van der Waals surface area contributed by atoms with Crippen molar-refractivity contribution in [3.63, 3.8) is 0 Å². The zero-order valence-electron chi connectivity index (χ0n) is 105. The average Bonchev–Trinajstić information content (AvgIpc) is 0.455. The second kappa shape index (κ2) is 79.8. The fourth-order valence-electron chi connectivity index (χ4n) is 22.3. The Bertz CT molecular complexity index is 2960. The van der Waals surface area contributed by atoms with Crippen LogP contribution in [0.2, 0.25) is 0 Å². The standard InChI is InChI=1S/4C20H41BIP.C16H32.C12H24.C9H18BIP.C4H9BIP/c2*1-15(2)17(4)16(3)11-18(5,6)12-19(7,8)13-20(9,10)14-23-21-22;1-14(2)17(5)15(3)12-20(9,10)18(6)16(4)11-19(7,8)13-23-21-22;1-14(2)17(5)15(3)11-16(4)18(6)20(9,10)12-19(7,8)13-23-21-22;1-11(2)14(6)13(5)10-16(8,9)15(7)12(3)4;1-7-10(4)8-11(5)12(6)9(2)3;1-5-8(2)6-9(3,4)7-12-10-11;1-4(2)3-7-5-6/h15-16,23H,11-14H2,1-10H3;12,15-17,23H,11,13-14H2,1-10H3;2*14-15,17-18,23H,11-13H2,1-10H3;11,13-15H,3,10H2,1-2,4-9H3;7,9,11-12H,8H2,1-6H3;5,12H,6-7H2,1-4H3;7H,3H2,1-2H3/q4*+1;;;;+1/b;;;;;10-7-;8-5-;. The molecule has 816 valence electrons. The van der Waals surface area contributed by atoms with Crippen molar-refractivity contribution in [2.75, 3.05) is 37.0 Å². The van der Waals surface area contributed by atoms with Crippen molar-refractivity contribution >= 4 is 214 Å². The van der Waals surface area contributed by atoms with Gasteiger partial charge in [-0.1, -0.05) is 319 Å². The Hall–Kier alpha value is 5.92. The molecule has 0 aromatic carbocycles. The maximum Gasteiger partial charge on any atom is 0.234 e. The highest BCUT2D eigenvalue weighted by atomic mass is 127. The second-order valence-electron chi connectivity index (χ2n) is 56.8. The molecule has 20 atom stereocenters. The fraction of sp³-hybridized carbons (Fsp3) is 0.909. The molecule has 0 nitrogen and oxygen atoms in total. The van der Waals surface area contributed by atoms with Crippen molar-refractivity contribution in [2.24, 2.45) is 183 Å². The summed E-state index contributed by atoms with van der Waals surface area (Å²) in [7, 11) is 5.96. The summed E-state index contributed by atoms with van der Waals surface area (Å²) < 4.78 is 0. The molecule has 0 amide bonds. The SMILES string of the molecule is C/C=C(/C)CC(C)(C)CP[B]I.C/C=C(/C)CC(C)C(C)C(C)C.C=C(C)C(C)C(C)(C)CC(C)C(C)C(C)C.CC(C)C(C)C(C)CC(C)(C)[CH+]C(C)(C)CC(C)(C)CP[B]I.C[C+](C(C)C)C(C)CC(C)(C)CC(C)(C)CC(C)(C)CP[B]I.C[C+](C)CP[B]I.C[C+](CC(C)(C)CP[B]I)C(C)C(C)(C)CC(C)C(C)C(C)C.C[C+](CC(C)C(C)C(C)C)C(C)C(C)(C)CC(C)(C)CP[B]I. The highest BCUT2D eigenvalue weighted by molar-refractivity contribution is 14.1. The van der Waals surface area contributed by atoms with Crippen LogP contribution in [0.15, 0.2) is 35.5 Å². The lowest BCUT2D eigenvalue weighted by atomic mass is 9.64. The van der Waals surface area contributed by atoms with Gasteiger partial charge in [0.1, 0.15) is 22.7 Å². The lowest BCUT2D eigenvalue weighted by Gasteiger charge is -2.41. The van der Waals surface area contributed by atoms with Gasteiger partial charge in [-0.05, 0) is 325 Å². The van der Waals surface area contributed by atoms with Gasteiger partial charge in [0.05, 0.1) is 95.6 Å². The van der Waals surface area contributed by atoms with Crippen LogP contribution in [0.25, 0.3) is 0 Å². The van der Waals surface area contributed by atoms with E-state index in [0.717, 1.165) is 145 Å². The van der Waals surface area contributed by atoms with Crippen molar-refractivity contribution in [3.05, 3.63) is 65.5 Å². The summed E-state index contributed by atoms with van der Waals surface area (Å²) in [5.74, 6) is 22.0. The zero-order chi connectivity index (χ0) is 112. The predicted octanol–water partition coefficient (Wildman–Crippen LogP) is 46.7. The average molecular weight is 2710 g/mol. The lowest BCUT2D eigenvalue weighted by Crippen LogP contribution is -2.33. The molecule has 0 heterocycles. The highest BCUT2D eigenvalue weighted by Gasteiger charge is 2.47. The monoisotopic (exact) mass is 2710 g/mol. The van der Waals surface area contributed by atoms with E-state index in [9.17, 15) is 0 Å². The number of halogens is 6. The van der Waals surface area contributed by atoms with Crippen molar-refractivity contribution < 1.29 is 0 Å². The summed E-state index contributed by atoms with van der Waals surface area (Å²) in [6.07, 6.45) is 30.5. The molecule has 18 heteroatoms. The molecular formula is C121H247B6I6P6+5. The first-order valence-corrected chi connectivity index (χ1v) is 70.6. The predicted molar refractivity (Wildman–Crippen MR) is 735 cm³/mol. The Labute approximate surface area is 981 Å². The maximum atomic E-state index is 4.11. The molecule has 0 aliphatic heterocycles. The van der Waals surface area contributed by atoms with Gasteiger partial charge in [0.15, 0.2) is 0 Å². The number of hydrogen-bond acceptors (Lipinski definition) is 0. The minimum atomic E-state index is 0.295. The van der Waals surface area contributed by atoms with Gasteiger partial charge in [-0.2, -0.15) is 134 Å². The molecule has 0 aliphatic carbocycles. The molecular weight excluding hydrogens is 2470 g/mol. The quantitative estimate of drug-likeness (QED) is 0.0187. The Morgan fingerprint density at radius 2 is 0.640 bits per heavy atom. The minimum Gasteiger partial charge on any atom is -0.152 e. The first kappa shape index (κ1) is 160. The summed E-state index contributed by atoms with van der Waals surface area (Å²) >= 11 is 14.2. The van der Waals surface area contributed by atoms with Gasteiger partial charge in [0.2, 0.25) is 29.1 Å². The Balaban J connectivity index is -0.000000240. The van der Waals surface area contributed by atoms with Crippen LogP contribution >= 0.6 is 185 Å². The molecule has 0 saturated heterocycles. The zero-order valence-corrected chi connectivity index (χ0v) is 124. The largest absolute Gasteiger partial charge is 0.234 e. The van der Waals surface area contributed by atoms with Gasteiger partial charge in [-0.25, -0.2) is 0 Å². The summed E-state index contributed by atoms with van der Waals surface area (Å²) in [4.78, 5) is 13.7. The molecule has 0 rings (SSSR count). The van der Waals surface area contributed by atoms with E-state index in [4.69, 9.17) is 0 Å². The summed E-state index contributed by atoms with van der Waals surface area (Å²) in [6, 6.07) is 0. The van der Waals surface area contributed by atoms with Gasteiger partial charge >= 0.3 is 0 Å². The van der Waals surface area contributed by atoms with Crippen LogP contribution in [0.5, 0.6) is 0 Å². The van der Waals surface area contributed by atoms with Crippen LogP contribution in [-0.2, 0) is 0 Å². The number of allylic oxidation sites excluding steroid dienone is 5. The molecule has 0 aromatic heterocycles. The molecule has 0 bridgehead atoms. The van der Waals surface area contributed by atoms with Crippen molar-refractivity contribution in [1.82, 2.24) is 0 Å². The van der Waals surface area contributed by atoms with E-state index in [2.05, 4.69) is 604 Å². The Morgan fingerprint density at radius 1 is 0.331 bits per heavy atom. The number of hydrogen-bond donors (Lipinski definition) is 0. The fourth-order valence-corrected chi connectivity index (χ4v) is 30.6. The third-order valence-corrected chi connectivity index (χ3v) is 48.3. The van der Waals surface area contributed by atoms with Gasteiger partial charge in [0.25, 0.3) is 0 Å². The molecule has 6 radical (unpaired) electrons. The molecule has 0 saturated carbocycles. The molecule has 0 N–H and O–H groups in total. The van der Waals surface area contributed by atoms with Gasteiger partial charge in [0, 0.05) is 16.2 Å². The van der Waals surface area contributed by atoms with E-state index in [-0.39, 0.29) is 0 Å². The minimum absolute atomic E-state index is 0.295. The van der Waals surface area contributed by atoms with E-state index in [0.29, 0.717) is 88.7 Å². The smallest absolute Gasteiger partial charge is 0.152 e. The normalized spacial score (nSPS) is 16.6. The van der Waals surface area contributed by atoms with Crippen LogP contribution in [0, 0.1) is 213 Å². The summed E-state index contributed by atoms with van der Waals surface area (Å²) in [6.45, 7) is 147. The van der Waals surface area contributed by atoms with Crippen molar-refractivity contribution in [1.29, 1.82) is 0 Å². The Morgan fingerprint density at radius 3 is 0.971 bits per heavy atom. The van der Waals surface area contributed by atoms with Gasteiger partial charge in [-0.3, -0.25) is 0 Å². The first-order chi connectivity index (χ1) is 62.5. The van der Waals surface area contributed by atoms with E-state index >= 15 is 0 Å². The maximum absolute atomic E-state index is 4.11. The molecule has 0 aromatic rings. The third kappa shape index (κ3) is 84.8. The molecule has 0 spiro atoms. The van der Waals surface area contributed by atoms with Gasteiger partial charge in [-0.15, -0.1) is 50.8 Å². The third-order valence-electron chi connectivity index (χ3n) is 32.7. The van der Waals surface area contributed by atoms with Crippen LogP contribution in [-0.4, -0.2) is 66.1 Å². The lowest BCUT2D eigenvalue weighted by molar-refractivity contribution is 0.117. The summed E-state index contributed by atoms with van der Waals surface area (Å²) in [5.41, 5.74) is 9.14. The highest BCUT2D eigenvalue weighted by Crippen LogP contribution is 2.53. The topological polar surface area (TPSA) is 0 Å². The second-order valence-corrected chi connectivity index (χ2v) is 73.9. The molecule has 139 heavy (non-hydrogen) atoms. The summed E-state index contributed by atoms with van der Waals surface area (Å²) in [5, 5.41) is 0. The van der Waals surface area contributed by atoms with Crippen LogP contribution in [0.3, 0.4) is 0 Å². The van der Waals surface area contributed by atoms with E-state index in [1.165, 1.54) is 137 Å². The first-order valence-electron chi connectivity index (χ1n) is 55.4. The molecule has 20 unspecified atom stereocenters. The molecule has 0 fully saturated rings. The van der Waals surface area contributed by atoms with E-state index in [1.54, 1.807) is 17.8 Å². The van der Waals surface area contributed by atoms with Crippen molar-refractivity contribution in [3.8, 4) is 0 Å². The van der Waals surface area contributed by atoms with Crippen LogP contribution in [0.4, 0.5) is 0 Å². The van der Waals surface area contributed by atoms with Crippen LogP contribution in [0.1, 0.15) is 492 Å². The Kier molecular flexibility index (Phi) is 91.9. The van der Waals surface area contributed by atoms with Crippen LogP contribution < -0.4 is 0 Å².